The van der Waals surface area contributed by atoms with Gasteiger partial charge in [-0.1, -0.05) is 24.3 Å². The summed E-state index contributed by atoms with van der Waals surface area (Å²) in [6.45, 7) is 9.31. The predicted octanol–water partition coefficient (Wildman–Crippen LogP) is 2.86. The van der Waals surface area contributed by atoms with Crippen LogP contribution in [0.3, 0.4) is 0 Å². The van der Waals surface area contributed by atoms with Crippen molar-refractivity contribution >= 4 is 0 Å². The zero-order valence-corrected chi connectivity index (χ0v) is 13.4. The van der Waals surface area contributed by atoms with Crippen LogP contribution >= 0.6 is 0 Å². The Morgan fingerprint density at radius 3 is 2.48 bits per heavy atom. The van der Waals surface area contributed by atoms with Crippen LogP contribution in [-0.2, 0) is 31.5 Å². The van der Waals surface area contributed by atoms with E-state index in [-0.39, 0.29) is 0 Å². The molecular formula is C17H25N3O. The second-order valence-corrected chi connectivity index (χ2v) is 5.28. The van der Waals surface area contributed by atoms with Gasteiger partial charge in [0.25, 0.3) is 0 Å². The lowest BCUT2D eigenvalue weighted by molar-refractivity contribution is 0.133. The molecule has 0 aliphatic heterocycles. The lowest BCUT2D eigenvalue weighted by atomic mass is 10.1. The Hall–Kier alpha value is -1.65. The van der Waals surface area contributed by atoms with Crippen LogP contribution in [0.2, 0.25) is 0 Å². The molecule has 0 bridgehead atoms. The largest absolute Gasteiger partial charge is 0.377 e. The first-order valence-electron chi connectivity index (χ1n) is 7.47. The van der Waals surface area contributed by atoms with E-state index in [9.17, 15) is 0 Å². The number of benzene rings is 1. The van der Waals surface area contributed by atoms with Crippen LogP contribution in [0.4, 0.5) is 0 Å². The van der Waals surface area contributed by atoms with E-state index in [1.807, 2.05) is 18.7 Å². The summed E-state index contributed by atoms with van der Waals surface area (Å²) in [5.41, 5.74) is 6.17. The summed E-state index contributed by atoms with van der Waals surface area (Å²) in [5.74, 6) is 0. The van der Waals surface area contributed by atoms with Gasteiger partial charge in [-0.05, 0) is 31.9 Å². The first-order valence-corrected chi connectivity index (χ1v) is 7.47. The second kappa shape index (κ2) is 7.38. The molecule has 0 unspecified atom stereocenters. The molecule has 114 valence electrons. The molecule has 4 heteroatoms. The Labute approximate surface area is 127 Å². The topological polar surface area (TPSA) is 39.1 Å². The van der Waals surface area contributed by atoms with Crippen molar-refractivity contribution in [3.8, 4) is 0 Å². The molecule has 1 aromatic carbocycles. The first kappa shape index (κ1) is 15.7. The van der Waals surface area contributed by atoms with Gasteiger partial charge in [-0.3, -0.25) is 4.68 Å². The smallest absolute Gasteiger partial charge is 0.0719 e. The number of hydrogen-bond acceptors (Lipinski definition) is 3. The molecule has 1 heterocycles. The summed E-state index contributed by atoms with van der Waals surface area (Å²) in [6.07, 6.45) is 0. The Morgan fingerprint density at radius 1 is 1.14 bits per heavy atom. The summed E-state index contributed by atoms with van der Waals surface area (Å²) >= 11 is 0. The molecule has 0 aliphatic carbocycles. The lowest BCUT2D eigenvalue weighted by Gasteiger charge is -2.11. The molecule has 0 radical (unpaired) electrons. The Balaban J connectivity index is 1.97. The summed E-state index contributed by atoms with van der Waals surface area (Å²) < 4.78 is 7.47. The third-order valence-corrected chi connectivity index (χ3v) is 3.86. The second-order valence-electron chi connectivity index (χ2n) is 5.28. The maximum atomic E-state index is 5.53. The van der Waals surface area contributed by atoms with Crippen molar-refractivity contribution in [2.24, 2.45) is 7.05 Å². The molecule has 2 rings (SSSR count). The maximum Gasteiger partial charge on any atom is 0.0719 e. The van der Waals surface area contributed by atoms with Gasteiger partial charge < -0.3 is 10.1 Å². The van der Waals surface area contributed by atoms with E-state index in [1.165, 1.54) is 22.4 Å². The first-order chi connectivity index (χ1) is 10.1. The van der Waals surface area contributed by atoms with Gasteiger partial charge in [0, 0.05) is 38.0 Å². The highest BCUT2D eigenvalue weighted by molar-refractivity contribution is 5.27. The van der Waals surface area contributed by atoms with E-state index in [4.69, 9.17) is 4.74 Å². The highest BCUT2D eigenvalue weighted by Gasteiger charge is 2.09. The van der Waals surface area contributed by atoms with Crippen molar-refractivity contribution in [3.05, 3.63) is 52.3 Å². The van der Waals surface area contributed by atoms with Gasteiger partial charge >= 0.3 is 0 Å². The molecule has 0 aliphatic rings. The van der Waals surface area contributed by atoms with Gasteiger partial charge in [0.2, 0.25) is 0 Å². The molecule has 0 amide bonds. The third kappa shape index (κ3) is 3.93. The van der Waals surface area contributed by atoms with E-state index in [0.29, 0.717) is 6.61 Å². The number of hydrogen-bond donors (Lipinski definition) is 1. The SMILES string of the molecule is CCOCc1ccccc1CNCc1c(C)nn(C)c1C. The van der Waals surface area contributed by atoms with Crippen LogP contribution in [0.5, 0.6) is 0 Å². The fourth-order valence-corrected chi connectivity index (χ4v) is 2.48. The maximum absolute atomic E-state index is 5.53. The highest BCUT2D eigenvalue weighted by Crippen LogP contribution is 2.13. The van der Waals surface area contributed by atoms with Crippen LogP contribution in [0.25, 0.3) is 0 Å². The number of aromatic nitrogens is 2. The van der Waals surface area contributed by atoms with Gasteiger partial charge in [0.1, 0.15) is 0 Å². The minimum absolute atomic E-state index is 0.680. The number of rotatable bonds is 7. The predicted molar refractivity (Wildman–Crippen MR) is 85.0 cm³/mol. The van der Waals surface area contributed by atoms with Crippen LogP contribution < -0.4 is 5.32 Å². The van der Waals surface area contributed by atoms with Crippen LogP contribution in [0.15, 0.2) is 24.3 Å². The highest BCUT2D eigenvalue weighted by atomic mass is 16.5. The molecule has 2 aromatic rings. The van der Waals surface area contributed by atoms with E-state index >= 15 is 0 Å². The van der Waals surface area contributed by atoms with Gasteiger partial charge in [-0.15, -0.1) is 0 Å². The van der Waals surface area contributed by atoms with E-state index in [0.717, 1.165) is 25.4 Å². The molecule has 1 aromatic heterocycles. The average Bonchev–Trinajstić information content (AvgIpc) is 2.72. The van der Waals surface area contributed by atoms with Crippen LogP contribution in [-0.4, -0.2) is 16.4 Å². The van der Waals surface area contributed by atoms with Gasteiger partial charge in [0.15, 0.2) is 0 Å². The van der Waals surface area contributed by atoms with Crippen molar-refractivity contribution in [2.75, 3.05) is 6.61 Å². The number of ether oxygens (including phenoxy) is 1. The third-order valence-electron chi connectivity index (χ3n) is 3.86. The molecule has 1 N–H and O–H groups in total. The Bertz CT molecular complexity index is 590. The zero-order chi connectivity index (χ0) is 15.2. The molecule has 0 atom stereocenters. The molecule has 0 saturated heterocycles. The minimum atomic E-state index is 0.680. The average molecular weight is 287 g/mol. The van der Waals surface area contributed by atoms with Crippen molar-refractivity contribution in [3.63, 3.8) is 0 Å². The Morgan fingerprint density at radius 2 is 1.86 bits per heavy atom. The summed E-state index contributed by atoms with van der Waals surface area (Å²) in [4.78, 5) is 0. The standard InChI is InChI=1S/C17H25N3O/c1-5-21-12-16-9-7-6-8-15(16)10-18-11-17-13(2)19-20(4)14(17)3/h6-9,18H,5,10-12H2,1-4H3. The van der Waals surface area contributed by atoms with E-state index in [1.54, 1.807) is 0 Å². The summed E-state index contributed by atoms with van der Waals surface area (Å²) in [7, 11) is 1.99. The molecule has 0 saturated carbocycles. The van der Waals surface area contributed by atoms with E-state index < -0.39 is 0 Å². The number of aryl methyl sites for hydroxylation is 2. The summed E-state index contributed by atoms with van der Waals surface area (Å²) in [6, 6.07) is 8.43. The molecule has 0 fully saturated rings. The molecule has 21 heavy (non-hydrogen) atoms. The van der Waals surface area contributed by atoms with Gasteiger partial charge in [-0.25, -0.2) is 0 Å². The lowest BCUT2D eigenvalue weighted by Crippen LogP contribution is -2.15. The van der Waals surface area contributed by atoms with Crippen molar-refractivity contribution in [1.29, 1.82) is 0 Å². The van der Waals surface area contributed by atoms with E-state index in [2.05, 4.69) is 48.5 Å². The van der Waals surface area contributed by atoms with Gasteiger partial charge in [0.05, 0.1) is 12.3 Å². The monoisotopic (exact) mass is 287 g/mol. The van der Waals surface area contributed by atoms with Gasteiger partial charge in [-0.2, -0.15) is 5.10 Å². The van der Waals surface area contributed by atoms with Crippen molar-refractivity contribution in [1.82, 2.24) is 15.1 Å². The minimum Gasteiger partial charge on any atom is -0.377 e. The fourth-order valence-electron chi connectivity index (χ4n) is 2.48. The molecule has 4 nitrogen and oxygen atoms in total. The zero-order valence-electron chi connectivity index (χ0n) is 13.4. The Kier molecular flexibility index (Phi) is 5.53. The normalized spacial score (nSPS) is 11.0. The van der Waals surface area contributed by atoms with Crippen LogP contribution in [0.1, 0.15) is 35.0 Å². The molecule has 0 spiro atoms. The van der Waals surface area contributed by atoms with Crippen molar-refractivity contribution in [2.45, 2.75) is 40.5 Å². The van der Waals surface area contributed by atoms with Crippen molar-refractivity contribution < 1.29 is 4.74 Å². The number of nitrogens with zero attached hydrogens (tertiary/aromatic N) is 2. The van der Waals surface area contributed by atoms with Crippen LogP contribution in [0, 0.1) is 13.8 Å². The fraction of sp³-hybridized carbons (Fsp3) is 0.471. The quantitative estimate of drug-likeness (QED) is 0.851. The molecular weight excluding hydrogens is 262 g/mol. The summed E-state index contributed by atoms with van der Waals surface area (Å²) in [5, 5.41) is 7.97. The number of nitrogens with one attached hydrogen (secondary N) is 1.